The average molecular weight is 401 g/mol. The van der Waals surface area contributed by atoms with Gasteiger partial charge in [-0.3, -0.25) is 5.43 Å². The first-order valence-corrected chi connectivity index (χ1v) is 9.79. The Hall–Kier alpha value is -2.11. The maximum absolute atomic E-state index is 6.52. The number of fused-ring (bicyclic) bond motifs is 1. The molecule has 4 nitrogen and oxygen atoms in total. The van der Waals surface area contributed by atoms with Crippen LogP contribution in [-0.4, -0.2) is 23.9 Å². The molecule has 1 aliphatic heterocycles. The molecule has 2 aromatic carbocycles. The second-order valence-electron chi connectivity index (χ2n) is 7.60. The van der Waals surface area contributed by atoms with Crippen LogP contribution in [0.3, 0.4) is 0 Å². The van der Waals surface area contributed by atoms with E-state index in [4.69, 9.17) is 23.8 Å². The van der Waals surface area contributed by atoms with Crippen molar-refractivity contribution >= 4 is 46.5 Å². The summed E-state index contributed by atoms with van der Waals surface area (Å²) >= 11 is 11.8. The molecule has 0 amide bonds. The number of benzene rings is 2. The molecule has 0 bridgehead atoms. The Morgan fingerprint density at radius 3 is 2.70 bits per heavy atom. The van der Waals surface area contributed by atoms with Gasteiger partial charge in [0.1, 0.15) is 0 Å². The van der Waals surface area contributed by atoms with E-state index in [0.29, 0.717) is 16.1 Å². The van der Waals surface area contributed by atoms with Crippen molar-refractivity contribution in [3.05, 3.63) is 58.6 Å². The van der Waals surface area contributed by atoms with Crippen molar-refractivity contribution in [1.29, 1.82) is 0 Å². The predicted octanol–water partition coefficient (Wildman–Crippen LogP) is 5.38. The summed E-state index contributed by atoms with van der Waals surface area (Å²) in [5.41, 5.74) is 7.24. The Labute approximate surface area is 171 Å². The van der Waals surface area contributed by atoms with E-state index in [9.17, 15) is 0 Å². The Balaban J connectivity index is 1.73. The van der Waals surface area contributed by atoms with E-state index in [0.717, 1.165) is 17.7 Å². The van der Waals surface area contributed by atoms with Gasteiger partial charge in [-0.1, -0.05) is 36.7 Å². The molecule has 0 fully saturated rings. The number of thiocarbonyl (C=S) groups is 1. The largest absolute Gasteiger partial charge is 0.369 e. The highest BCUT2D eigenvalue weighted by Gasteiger charge is 2.34. The summed E-state index contributed by atoms with van der Waals surface area (Å²) in [6, 6.07) is 13.9. The Morgan fingerprint density at radius 1 is 1.30 bits per heavy atom. The zero-order chi connectivity index (χ0) is 19.6. The fourth-order valence-corrected chi connectivity index (χ4v) is 3.92. The van der Waals surface area contributed by atoms with Crippen LogP contribution in [0.15, 0.2) is 47.6 Å². The third kappa shape index (κ3) is 4.42. The van der Waals surface area contributed by atoms with Crippen LogP contribution in [0, 0.1) is 0 Å². The summed E-state index contributed by atoms with van der Waals surface area (Å²) in [6.07, 6.45) is 2.81. The van der Waals surface area contributed by atoms with Gasteiger partial charge >= 0.3 is 0 Å². The lowest BCUT2D eigenvalue weighted by atomic mass is 9.80. The van der Waals surface area contributed by atoms with E-state index in [1.165, 1.54) is 11.3 Å². The summed E-state index contributed by atoms with van der Waals surface area (Å²) in [4.78, 5) is 2.31. The molecule has 0 radical (unpaired) electrons. The molecular formula is C21H25ClN4S. The topological polar surface area (TPSA) is 39.7 Å². The number of anilines is 2. The first-order chi connectivity index (χ1) is 12.8. The Bertz CT molecular complexity index is 864. The highest BCUT2D eigenvalue weighted by Crippen LogP contribution is 2.44. The lowest BCUT2D eigenvalue weighted by Gasteiger charge is -2.45. The molecule has 6 heteroatoms. The minimum absolute atomic E-state index is 0.113. The average Bonchev–Trinajstić information content (AvgIpc) is 2.61. The summed E-state index contributed by atoms with van der Waals surface area (Å²) in [5.74, 6) is 0.462. The summed E-state index contributed by atoms with van der Waals surface area (Å²) in [6.45, 7) is 6.79. The van der Waals surface area contributed by atoms with Crippen LogP contribution < -0.4 is 15.6 Å². The molecule has 0 unspecified atom stereocenters. The van der Waals surface area contributed by atoms with Crippen molar-refractivity contribution in [3.63, 3.8) is 0 Å². The van der Waals surface area contributed by atoms with Crippen molar-refractivity contribution in [2.45, 2.75) is 38.6 Å². The van der Waals surface area contributed by atoms with Gasteiger partial charge in [-0.15, -0.1) is 0 Å². The molecule has 27 heavy (non-hydrogen) atoms. The van der Waals surface area contributed by atoms with E-state index in [-0.39, 0.29) is 5.54 Å². The van der Waals surface area contributed by atoms with Gasteiger partial charge in [0.15, 0.2) is 5.11 Å². The summed E-state index contributed by atoms with van der Waals surface area (Å²) in [7, 11) is 2.13. The van der Waals surface area contributed by atoms with Gasteiger partial charge in [0.05, 0.1) is 11.2 Å². The fourth-order valence-electron chi connectivity index (χ4n) is 3.54. The SMILES string of the molecule is C[C@H]1CC(C)(C)N(C)c2cc(Cl)c(/C=N/NC(=S)Nc3ccccc3)cc21. The Kier molecular flexibility index (Phi) is 5.72. The number of nitrogens with zero attached hydrogens (tertiary/aromatic N) is 2. The number of hydrogen-bond acceptors (Lipinski definition) is 3. The quantitative estimate of drug-likeness (QED) is 0.412. The molecular weight excluding hydrogens is 376 g/mol. The standard InChI is InChI=1S/C21H25ClN4S/c1-14-12-21(2,3)26(4)19-11-18(22)15(10-17(14)19)13-23-25-20(27)24-16-8-6-5-7-9-16/h5-11,13-14H,12H2,1-4H3,(H2,24,25,27)/b23-13+/t14-/m0/s1. The molecule has 2 N–H and O–H groups in total. The molecule has 1 atom stereocenters. The number of halogens is 1. The zero-order valence-electron chi connectivity index (χ0n) is 16.1. The van der Waals surface area contributed by atoms with Gasteiger partial charge in [-0.05, 0) is 68.2 Å². The monoisotopic (exact) mass is 400 g/mol. The van der Waals surface area contributed by atoms with Crippen LogP contribution in [-0.2, 0) is 0 Å². The molecule has 0 saturated heterocycles. The van der Waals surface area contributed by atoms with Crippen LogP contribution in [0.4, 0.5) is 11.4 Å². The van der Waals surface area contributed by atoms with E-state index in [1.54, 1.807) is 6.21 Å². The highest BCUT2D eigenvalue weighted by atomic mass is 35.5. The molecule has 1 heterocycles. The van der Waals surface area contributed by atoms with Crippen molar-refractivity contribution in [3.8, 4) is 0 Å². The second-order valence-corrected chi connectivity index (χ2v) is 8.41. The van der Waals surface area contributed by atoms with Crippen LogP contribution in [0.2, 0.25) is 5.02 Å². The number of hydrazone groups is 1. The molecule has 1 aliphatic rings. The van der Waals surface area contributed by atoms with E-state index >= 15 is 0 Å². The van der Waals surface area contributed by atoms with E-state index < -0.39 is 0 Å². The predicted molar refractivity (Wildman–Crippen MR) is 120 cm³/mol. The summed E-state index contributed by atoms with van der Waals surface area (Å²) < 4.78 is 0. The molecule has 2 aromatic rings. The molecule has 0 spiro atoms. The third-order valence-corrected chi connectivity index (χ3v) is 5.67. The maximum Gasteiger partial charge on any atom is 0.191 e. The first kappa shape index (κ1) is 19.6. The number of hydrogen-bond donors (Lipinski definition) is 2. The maximum atomic E-state index is 6.52. The molecule has 3 rings (SSSR count). The van der Waals surface area contributed by atoms with Crippen molar-refractivity contribution in [1.82, 2.24) is 5.43 Å². The lowest BCUT2D eigenvalue weighted by Crippen LogP contribution is -2.45. The molecule has 142 valence electrons. The zero-order valence-corrected chi connectivity index (χ0v) is 17.7. The van der Waals surface area contributed by atoms with Crippen LogP contribution >= 0.6 is 23.8 Å². The molecule has 0 saturated carbocycles. The van der Waals surface area contributed by atoms with E-state index in [2.05, 4.69) is 54.6 Å². The normalized spacial score (nSPS) is 18.3. The van der Waals surface area contributed by atoms with Gasteiger partial charge in [0.2, 0.25) is 0 Å². The van der Waals surface area contributed by atoms with Crippen molar-refractivity contribution in [2.24, 2.45) is 5.10 Å². The van der Waals surface area contributed by atoms with Crippen LogP contribution in [0.25, 0.3) is 0 Å². The van der Waals surface area contributed by atoms with Crippen LogP contribution in [0.1, 0.15) is 44.2 Å². The minimum Gasteiger partial charge on any atom is -0.369 e. The number of para-hydroxylation sites is 1. The lowest BCUT2D eigenvalue weighted by molar-refractivity contribution is 0.395. The van der Waals surface area contributed by atoms with Crippen molar-refractivity contribution in [2.75, 3.05) is 17.3 Å². The molecule has 0 aromatic heterocycles. The van der Waals surface area contributed by atoms with Gasteiger partial charge in [0.25, 0.3) is 0 Å². The fraction of sp³-hybridized carbons (Fsp3) is 0.333. The van der Waals surface area contributed by atoms with E-state index in [1.807, 2.05) is 36.4 Å². The smallest absolute Gasteiger partial charge is 0.191 e. The van der Waals surface area contributed by atoms with Crippen molar-refractivity contribution < 1.29 is 0 Å². The number of rotatable bonds is 3. The number of nitrogens with one attached hydrogen (secondary N) is 2. The molecule has 0 aliphatic carbocycles. The first-order valence-electron chi connectivity index (χ1n) is 9.00. The van der Waals surface area contributed by atoms with Gasteiger partial charge in [0, 0.05) is 29.5 Å². The Morgan fingerprint density at radius 2 is 2.00 bits per heavy atom. The highest BCUT2D eigenvalue weighted by molar-refractivity contribution is 7.80. The minimum atomic E-state index is 0.113. The van der Waals surface area contributed by atoms with Gasteiger partial charge in [-0.2, -0.15) is 5.10 Å². The van der Waals surface area contributed by atoms with Gasteiger partial charge < -0.3 is 10.2 Å². The van der Waals surface area contributed by atoms with Gasteiger partial charge in [-0.25, -0.2) is 0 Å². The van der Waals surface area contributed by atoms with Crippen LogP contribution in [0.5, 0.6) is 0 Å². The summed E-state index contributed by atoms with van der Waals surface area (Å²) in [5, 5.41) is 8.44. The third-order valence-electron chi connectivity index (χ3n) is 5.15. The second kappa shape index (κ2) is 7.87.